The average Bonchev–Trinajstić information content (AvgIpc) is 2.97. The first-order chi connectivity index (χ1) is 9.34. The van der Waals surface area contributed by atoms with Crippen molar-refractivity contribution in [3.8, 4) is 5.75 Å². The third-order valence-electron chi connectivity index (χ3n) is 3.74. The van der Waals surface area contributed by atoms with Crippen molar-refractivity contribution in [2.75, 3.05) is 6.61 Å². The summed E-state index contributed by atoms with van der Waals surface area (Å²) in [6.45, 7) is 0.706. The van der Waals surface area contributed by atoms with E-state index in [0.717, 1.165) is 30.6 Å². The molecule has 2 unspecified atom stereocenters. The van der Waals surface area contributed by atoms with Crippen LogP contribution in [0.5, 0.6) is 5.75 Å². The number of hydrogen-bond donors (Lipinski definition) is 1. The van der Waals surface area contributed by atoms with Gasteiger partial charge in [0.05, 0.1) is 12.7 Å². The van der Waals surface area contributed by atoms with Gasteiger partial charge in [-0.15, -0.1) is 11.3 Å². The highest BCUT2D eigenvalue weighted by Gasteiger charge is 2.27. The van der Waals surface area contributed by atoms with Crippen molar-refractivity contribution in [2.45, 2.75) is 31.3 Å². The number of para-hydroxylation sites is 1. The van der Waals surface area contributed by atoms with Crippen molar-refractivity contribution in [3.05, 3.63) is 52.2 Å². The molecular weight excluding hydrogens is 256 g/mol. The van der Waals surface area contributed by atoms with Crippen LogP contribution in [0.3, 0.4) is 0 Å². The summed E-state index contributed by atoms with van der Waals surface area (Å²) in [5.74, 6) is 1.15. The topological polar surface area (TPSA) is 29.5 Å². The van der Waals surface area contributed by atoms with Gasteiger partial charge in [0.25, 0.3) is 0 Å². The van der Waals surface area contributed by atoms with E-state index < -0.39 is 0 Å². The molecule has 1 aromatic heterocycles. The van der Waals surface area contributed by atoms with E-state index in [4.69, 9.17) is 4.74 Å². The van der Waals surface area contributed by atoms with Crippen LogP contribution in [0.2, 0.25) is 0 Å². The fourth-order valence-corrected chi connectivity index (χ4v) is 3.44. The third kappa shape index (κ3) is 2.82. The number of aliphatic hydroxyl groups excluding tert-OH is 1. The van der Waals surface area contributed by atoms with Gasteiger partial charge in [-0.1, -0.05) is 24.3 Å². The van der Waals surface area contributed by atoms with Gasteiger partial charge in [0.2, 0.25) is 0 Å². The van der Waals surface area contributed by atoms with Crippen LogP contribution in [-0.4, -0.2) is 17.8 Å². The molecule has 0 aliphatic carbocycles. The van der Waals surface area contributed by atoms with Gasteiger partial charge in [-0.3, -0.25) is 0 Å². The Hall–Kier alpha value is -1.32. The maximum atomic E-state index is 10.5. The van der Waals surface area contributed by atoms with Crippen molar-refractivity contribution in [1.82, 2.24) is 0 Å². The molecule has 3 heteroatoms. The number of ether oxygens (including phenoxy) is 1. The van der Waals surface area contributed by atoms with Crippen LogP contribution < -0.4 is 4.74 Å². The van der Waals surface area contributed by atoms with Gasteiger partial charge >= 0.3 is 0 Å². The number of rotatable bonds is 4. The van der Waals surface area contributed by atoms with Crippen LogP contribution >= 0.6 is 11.3 Å². The van der Waals surface area contributed by atoms with Gasteiger partial charge in [-0.2, -0.15) is 0 Å². The lowest BCUT2D eigenvalue weighted by atomic mass is 9.86. The molecule has 0 spiro atoms. The first-order valence-electron chi connectivity index (χ1n) is 6.77. The number of hydrogen-bond acceptors (Lipinski definition) is 3. The van der Waals surface area contributed by atoms with Crippen molar-refractivity contribution in [1.29, 1.82) is 0 Å². The molecule has 2 atom stereocenters. The first-order valence-corrected chi connectivity index (χ1v) is 7.65. The molecular formula is C16H18O2S. The molecule has 1 aromatic carbocycles. The molecule has 0 saturated heterocycles. The van der Waals surface area contributed by atoms with Crippen molar-refractivity contribution in [3.63, 3.8) is 0 Å². The Bertz CT molecular complexity index is 521. The Kier molecular flexibility index (Phi) is 3.85. The van der Waals surface area contributed by atoms with E-state index in [1.165, 1.54) is 4.88 Å². The van der Waals surface area contributed by atoms with Crippen LogP contribution in [0.4, 0.5) is 0 Å². The first kappa shape index (κ1) is 12.7. The Morgan fingerprint density at radius 3 is 3.00 bits per heavy atom. The molecule has 2 nitrogen and oxygen atoms in total. The number of aliphatic hydroxyl groups is 1. The summed E-state index contributed by atoms with van der Waals surface area (Å²) in [6.07, 6.45) is 2.40. The van der Waals surface area contributed by atoms with E-state index >= 15 is 0 Å². The maximum Gasteiger partial charge on any atom is 0.122 e. The smallest absolute Gasteiger partial charge is 0.122 e. The molecule has 1 N–H and O–H groups in total. The molecule has 0 fully saturated rings. The van der Waals surface area contributed by atoms with Gasteiger partial charge in [-0.05, 0) is 42.3 Å². The fourth-order valence-electron chi connectivity index (χ4n) is 2.72. The van der Waals surface area contributed by atoms with E-state index in [0.29, 0.717) is 6.61 Å². The summed E-state index contributed by atoms with van der Waals surface area (Å²) in [6, 6.07) is 12.3. The van der Waals surface area contributed by atoms with Crippen LogP contribution in [0, 0.1) is 0 Å². The molecule has 3 rings (SSSR count). The second-order valence-electron chi connectivity index (χ2n) is 4.97. The van der Waals surface area contributed by atoms with Crippen molar-refractivity contribution in [2.24, 2.45) is 0 Å². The van der Waals surface area contributed by atoms with Crippen molar-refractivity contribution < 1.29 is 9.84 Å². The van der Waals surface area contributed by atoms with Gasteiger partial charge in [-0.25, -0.2) is 0 Å². The number of thiophene rings is 1. The zero-order valence-corrected chi connectivity index (χ0v) is 11.6. The van der Waals surface area contributed by atoms with Gasteiger partial charge in [0.15, 0.2) is 0 Å². The Morgan fingerprint density at radius 2 is 2.16 bits per heavy atom. The molecule has 2 heterocycles. The predicted octanol–water partition coefficient (Wildman–Crippen LogP) is 3.61. The normalized spacial score (nSPS) is 19.5. The quantitative estimate of drug-likeness (QED) is 0.923. The van der Waals surface area contributed by atoms with Gasteiger partial charge < -0.3 is 9.84 Å². The minimum absolute atomic E-state index is 0.213. The Morgan fingerprint density at radius 1 is 1.26 bits per heavy atom. The monoisotopic (exact) mass is 274 g/mol. The zero-order valence-electron chi connectivity index (χ0n) is 10.8. The summed E-state index contributed by atoms with van der Waals surface area (Å²) in [7, 11) is 0. The minimum Gasteiger partial charge on any atom is -0.493 e. The largest absolute Gasteiger partial charge is 0.493 e. The molecule has 19 heavy (non-hydrogen) atoms. The summed E-state index contributed by atoms with van der Waals surface area (Å²) < 4.78 is 5.65. The third-order valence-corrected chi connectivity index (χ3v) is 4.67. The van der Waals surface area contributed by atoms with Gasteiger partial charge in [0.1, 0.15) is 5.75 Å². The summed E-state index contributed by atoms with van der Waals surface area (Å²) in [4.78, 5) is 1.35. The maximum absolute atomic E-state index is 10.5. The van der Waals surface area contributed by atoms with E-state index in [9.17, 15) is 5.11 Å². The van der Waals surface area contributed by atoms with Crippen LogP contribution in [0.1, 0.15) is 29.2 Å². The SMILES string of the molecule is OC(CCc1cccs1)C1CCOc2ccccc21. The van der Waals surface area contributed by atoms with E-state index in [2.05, 4.69) is 23.6 Å². The molecule has 1 aliphatic heterocycles. The highest BCUT2D eigenvalue weighted by molar-refractivity contribution is 7.09. The summed E-state index contributed by atoms with van der Waals surface area (Å²) in [5.41, 5.74) is 1.16. The standard InChI is InChI=1S/C16H18O2S/c17-15(8-7-12-4-3-11-19-12)13-9-10-18-16-6-2-1-5-14(13)16/h1-6,11,13,15,17H,7-10H2. The van der Waals surface area contributed by atoms with Crippen LogP contribution in [0.15, 0.2) is 41.8 Å². The Labute approximate surface area is 117 Å². The Balaban J connectivity index is 1.69. The van der Waals surface area contributed by atoms with Crippen LogP contribution in [0.25, 0.3) is 0 Å². The number of benzene rings is 1. The van der Waals surface area contributed by atoms with E-state index in [-0.39, 0.29) is 12.0 Å². The molecule has 0 radical (unpaired) electrons. The lowest BCUT2D eigenvalue weighted by Crippen LogP contribution is -2.25. The summed E-state index contributed by atoms with van der Waals surface area (Å²) >= 11 is 1.76. The van der Waals surface area contributed by atoms with E-state index in [1.807, 2.05) is 18.2 Å². The molecule has 1 aliphatic rings. The summed E-state index contributed by atoms with van der Waals surface area (Å²) in [5, 5.41) is 12.6. The molecule has 0 amide bonds. The second kappa shape index (κ2) is 5.76. The van der Waals surface area contributed by atoms with Crippen LogP contribution in [-0.2, 0) is 6.42 Å². The number of aryl methyl sites for hydroxylation is 1. The molecule has 100 valence electrons. The lowest BCUT2D eigenvalue weighted by molar-refractivity contribution is 0.109. The number of fused-ring (bicyclic) bond motifs is 1. The highest BCUT2D eigenvalue weighted by atomic mass is 32.1. The zero-order chi connectivity index (χ0) is 13.1. The second-order valence-corrected chi connectivity index (χ2v) is 6.00. The molecule has 2 aromatic rings. The average molecular weight is 274 g/mol. The highest BCUT2D eigenvalue weighted by Crippen LogP contribution is 2.36. The molecule has 0 saturated carbocycles. The molecule has 0 bridgehead atoms. The van der Waals surface area contributed by atoms with E-state index in [1.54, 1.807) is 11.3 Å². The predicted molar refractivity (Wildman–Crippen MR) is 77.9 cm³/mol. The minimum atomic E-state index is -0.285. The van der Waals surface area contributed by atoms with Crippen molar-refractivity contribution >= 4 is 11.3 Å². The lowest BCUT2D eigenvalue weighted by Gasteiger charge is -2.29. The van der Waals surface area contributed by atoms with Gasteiger partial charge in [0, 0.05) is 10.8 Å². The fraction of sp³-hybridized carbons (Fsp3) is 0.375.